The highest BCUT2D eigenvalue weighted by Gasteiger charge is 2.18. The lowest BCUT2D eigenvalue weighted by Crippen LogP contribution is -2.16. The molecule has 0 saturated carbocycles. The highest BCUT2D eigenvalue weighted by atomic mass is 16.2. The van der Waals surface area contributed by atoms with Crippen molar-refractivity contribution < 1.29 is 9.59 Å². The molecule has 0 aliphatic heterocycles. The molecule has 0 aliphatic rings. The molecule has 0 bridgehead atoms. The Balaban J connectivity index is 1.66. The van der Waals surface area contributed by atoms with Gasteiger partial charge in [0.1, 0.15) is 5.69 Å². The molecule has 4 aromatic rings. The zero-order chi connectivity index (χ0) is 18.8. The molecular formula is C20H15N5O2. The molecule has 7 heteroatoms. The van der Waals surface area contributed by atoms with Crippen LogP contribution in [0.4, 0.5) is 5.69 Å². The lowest BCUT2D eigenvalue weighted by molar-refractivity contribution is 0.0991. The Morgan fingerprint density at radius 2 is 1.78 bits per heavy atom. The van der Waals surface area contributed by atoms with Crippen molar-refractivity contribution >= 4 is 28.4 Å². The van der Waals surface area contributed by atoms with E-state index in [-0.39, 0.29) is 11.4 Å². The Bertz CT molecular complexity index is 1150. The number of benzene rings is 2. The maximum absolute atomic E-state index is 12.6. The van der Waals surface area contributed by atoms with E-state index in [4.69, 9.17) is 5.73 Å². The highest BCUT2D eigenvalue weighted by Crippen LogP contribution is 2.18. The number of nitrogens with one attached hydrogen (secondary N) is 1. The third-order valence-corrected chi connectivity index (χ3v) is 4.06. The molecule has 0 spiro atoms. The van der Waals surface area contributed by atoms with Gasteiger partial charge in [-0.3, -0.25) is 14.6 Å². The first-order chi connectivity index (χ1) is 13.1. The van der Waals surface area contributed by atoms with Crippen molar-refractivity contribution in [3.63, 3.8) is 0 Å². The van der Waals surface area contributed by atoms with Gasteiger partial charge >= 0.3 is 0 Å². The van der Waals surface area contributed by atoms with Crippen LogP contribution >= 0.6 is 0 Å². The van der Waals surface area contributed by atoms with Crippen molar-refractivity contribution in [3.8, 4) is 5.69 Å². The van der Waals surface area contributed by atoms with Gasteiger partial charge in [0.25, 0.3) is 11.8 Å². The number of fused-ring (bicyclic) bond motifs is 1. The average Bonchev–Trinajstić information content (AvgIpc) is 3.15. The van der Waals surface area contributed by atoms with E-state index in [2.05, 4.69) is 15.4 Å². The molecule has 2 heterocycles. The normalized spacial score (nSPS) is 10.7. The number of hydrogen-bond acceptors (Lipinski definition) is 4. The van der Waals surface area contributed by atoms with Gasteiger partial charge in [-0.05, 0) is 36.4 Å². The second-order valence-corrected chi connectivity index (χ2v) is 5.89. The summed E-state index contributed by atoms with van der Waals surface area (Å²) in [6.45, 7) is 0. The summed E-state index contributed by atoms with van der Waals surface area (Å²) in [5.74, 6) is -1.10. The van der Waals surface area contributed by atoms with Crippen LogP contribution < -0.4 is 11.1 Å². The molecule has 2 amide bonds. The maximum atomic E-state index is 12.6. The van der Waals surface area contributed by atoms with Gasteiger partial charge in [0, 0.05) is 23.3 Å². The number of nitrogens with zero attached hydrogens (tertiary/aromatic N) is 3. The van der Waals surface area contributed by atoms with E-state index in [1.54, 1.807) is 24.4 Å². The number of amides is 2. The maximum Gasteiger partial charge on any atom is 0.276 e. The summed E-state index contributed by atoms with van der Waals surface area (Å²) in [6, 6.07) is 19.5. The van der Waals surface area contributed by atoms with E-state index in [1.165, 1.54) is 10.7 Å². The Hall–Kier alpha value is -4.00. The first-order valence-electron chi connectivity index (χ1n) is 8.23. The summed E-state index contributed by atoms with van der Waals surface area (Å²) < 4.78 is 1.36. The summed E-state index contributed by atoms with van der Waals surface area (Å²) in [5.41, 5.74) is 7.75. The standard InChI is InChI=1S/C20H15N5O2/c21-19(26)18-12-17(24-25(18)15-6-2-1-3-7-15)20(27)23-14-8-9-16-13(11-14)5-4-10-22-16/h1-12H,(H2,21,26)(H,23,27). The van der Waals surface area contributed by atoms with Gasteiger partial charge in [0.05, 0.1) is 11.2 Å². The predicted molar refractivity (Wildman–Crippen MR) is 102 cm³/mol. The number of rotatable bonds is 4. The van der Waals surface area contributed by atoms with Crippen LogP contribution in [0.2, 0.25) is 0 Å². The van der Waals surface area contributed by atoms with E-state index >= 15 is 0 Å². The Labute approximate surface area is 154 Å². The number of pyridine rings is 1. The minimum absolute atomic E-state index is 0.0962. The van der Waals surface area contributed by atoms with Crippen molar-refractivity contribution in [2.75, 3.05) is 5.32 Å². The molecule has 0 atom stereocenters. The van der Waals surface area contributed by atoms with Crippen molar-refractivity contribution in [3.05, 3.63) is 84.3 Å². The van der Waals surface area contributed by atoms with Crippen LogP contribution in [-0.2, 0) is 0 Å². The fraction of sp³-hybridized carbons (Fsp3) is 0. The van der Waals surface area contributed by atoms with Crippen molar-refractivity contribution in [2.45, 2.75) is 0 Å². The topological polar surface area (TPSA) is 103 Å². The van der Waals surface area contributed by atoms with Crippen molar-refractivity contribution in [2.24, 2.45) is 5.73 Å². The van der Waals surface area contributed by atoms with E-state index in [0.29, 0.717) is 11.4 Å². The number of carbonyl (C=O) groups excluding carboxylic acids is 2. The summed E-state index contributed by atoms with van der Waals surface area (Å²) in [7, 11) is 0. The minimum atomic E-state index is -0.665. The van der Waals surface area contributed by atoms with E-state index < -0.39 is 11.8 Å². The fourth-order valence-corrected chi connectivity index (χ4v) is 2.78. The number of anilines is 1. The second-order valence-electron chi connectivity index (χ2n) is 5.89. The molecule has 3 N–H and O–H groups in total. The van der Waals surface area contributed by atoms with Crippen molar-refractivity contribution in [1.82, 2.24) is 14.8 Å². The molecule has 132 valence electrons. The van der Waals surface area contributed by atoms with Crippen LogP contribution in [-0.4, -0.2) is 26.6 Å². The van der Waals surface area contributed by atoms with Crippen LogP contribution in [0.3, 0.4) is 0 Å². The average molecular weight is 357 g/mol. The first-order valence-corrected chi connectivity index (χ1v) is 8.23. The molecule has 0 unspecified atom stereocenters. The lowest BCUT2D eigenvalue weighted by atomic mass is 10.2. The molecule has 27 heavy (non-hydrogen) atoms. The molecule has 0 radical (unpaired) electrons. The lowest BCUT2D eigenvalue weighted by Gasteiger charge is -2.05. The van der Waals surface area contributed by atoms with Crippen LogP contribution in [0.15, 0.2) is 72.9 Å². The van der Waals surface area contributed by atoms with E-state index in [0.717, 1.165) is 10.9 Å². The third-order valence-electron chi connectivity index (χ3n) is 4.06. The number of para-hydroxylation sites is 1. The van der Waals surface area contributed by atoms with Crippen LogP contribution in [0.5, 0.6) is 0 Å². The minimum Gasteiger partial charge on any atom is -0.364 e. The molecular weight excluding hydrogens is 342 g/mol. The second kappa shape index (κ2) is 6.72. The molecule has 4 rings (SSSR count). The molecule has 0 aliphatic carbocycles. The predicted octanol–water partition coefficient (Wildman–Crippen LogP) is 2.77. The highest BCUT2D eigenvalue weighted by molar-refractivity contribution is 6.05. The third kappa shape index (κ3) is 3.25. The number of primary amides is 1. The zero-order valence-electron chi connectivity index (χ0n) is 14.2. The number of hydrogen-bond donors (Lipinski definition) is 2. The summed E-state index contributed by atoms with van der Waals surface area (Å²) in [4.78, 5) is 28.6. The first kappa shape index (κ1) is 16.5. The van der Waals surface area contributed by atoms with Gasteiger partial charge in [-0.1, -0.05) is 24.3 Å². The van der Waals surface area contributed by atoms with Crippen LogP contribution in [0.25, 0.3) is 16.6 Å². The van der Waals surface area contributed by atoms with Gasteiger partial charge in [0.2, 0.25) is 0 Å². The Morgan fingerprint density at radius 1 is 0.963 bits per heavy atom. The SMILES string of the molecule is NC(=O)c1cc(C(=O)Nc2ccc3ncccc3c2)nn1-c1ccccc1. The quantitative estimate of drug-likeness (QED) is 0.586. The monoisotopic (exact) mass is 357 g/mol. The zero-order valence-corrected chi connectivity index (χ0v) is 14.2. The van der Waals surface area contributed by atoms with E-state index in [9.17, 15) is 9.59 Å². The van der Waals surface area contributed by atoms with Gasteiger partial charge < -0.3 is 11.1 Å². The molecule has 2 aromatic heterocycles. The Kier molecular flexibility index (Phi) is 4.10. The number of carbonyl (C=O) groups is 2. The molecule has 0 fully saturated rings. The summed E-state index contributed by atoms with van der Waals surface area (Å²) in [6.07, 6.45) is 1.71. The van der Waals surface area contributed by atoms with Crippen LogP contribution in [0, 0.1) is 0 Å². The summed E-state index contributed by atoms with van der Waals surface area (Å²) in [5, 5.41) is 7.94. The Morgan fingerprint density at radius 3 is 2.56 bits per heavy atom. The van der Waals surface area contributed by atoms with E-state index in [1.807, 2.05) is 42.5 Å². The fourth-order valence-electron chi connectivity index (χ4n) is 2.78. The number of aromatic nitrogens is 3. The molecule has 7 nitrogen and oxygen atoms in total. The summed E-state index contributed by atoms with van der Waals surface area (Å²) >= 11 is 0. The van der Waals surface area contributed by atoms with Crippen molar-refractivity contribution in [1.29, 1.82) is 0 Å². The van der Waals surface area contributed by atoms with Gasteiger partial charge in [0.15, 0.2) is 5.69 Å². The van der Waals surface area contributed by atoms with Gasteiger partial charge in [-0.25, -0.2) is 4.68 Å². The smallest absolute Gasteiger partial charge is 0.276 e. The molecule has 0 saturated heterocycles. The van der Waals surface area contributed by atoms with Gasteiger partial charge in [-0.15, -0.1) is 0 Å². The largest absolute Gasteiger partial charge is 0.364 e. The van der Waals surface area contributed by atoms with Crippen LogP contribution in [0.1, 0.15) is 21.0 Å². The van der Waals surface area contributed by atoms with Gasteiger partial charge in [-0.2, -0.15) is 5.10 Å². The number of nitrogens with two attached hydrogens (primary N) is 1. The molecule has 2 aromatic carbocycles.